The van der Waals surface area contributed by atoms with Gasteiger partial charge in [-0.1, -0.05) is 25.1 Å². The quantitative estimate of drug-likeness (QED) is 0.840. The van der Waals surface area contributed by atoms with Crippen molar-refractivity contribution in [1.82, 2.24) is 0 Å². The van der Waals surface area contributed by atoms with E-state index >= 15 is 0 Å². The maximum absolute atomic E-state index is 9.34. The molecule has 0 radical (unpaired) electrons. The van der Waals surface area contributed by atoms with Crippen LogP contribution in [0.3, 0.4) is 0 Å². The molecule has 0 spiro atoms. The summed E-state index contributed by atoms with van der Waals surface area (Å²) in [5.74, 6) is 0.621. The Morgan fingerprint density at radius 2 is 2.06 bits per heavy atom. The van der Waals surface area contributed by atoms with Gasteiger partial charge in [-0.3, -0.25) is 0 Å². The van der Waals surface area contributed by atoms with Gasteiger partial charge >= 0.3 is 0 Å². The molecule has 0 bridgehead atoms. The van der Waals surface area contributed by atoms with Crippen molar-refractivity contribution < 1.29 is 5.11 Å². The number of anilines is 1. The van der Waals surface area contributed by atoms with E-state index in [-0.39, 0.29) is 12.1 Å². The molecule has 3 heteroatoms. The number of nitrogens with zero attached hydrogens (tertiary/aromatic N) is 1. The summed E-state index contributed by atoms with van der Waals surface area (Å²) in [5.41, 5.74) is 8.62. The van der Waals surface area contributed by atoms with Crippen molar-refractivity contribution in [2.75, 3.05) is 18.5 Å². The van der Waals surface area contributed by atoms with E-state index in [2.05, 4.69) is 43.1 Å². The van der Waals surface area contributed by atoms with Crippen LogP contribution >= 0.6 is 0 Å². The molecule has 0 saturated heterocycles. The first kappa shape index (κ1) is 13.4. The van der Waals surface area contributed by atoms with Gasteiger partial charge < -0.3 is 15.7 Å². The van der Waals surface area contributed by atoms with Crippen molar-refractivity contribution in [1.29, 1.82) is 0 Å². The lowest BCUT2D eigenvalue weighted by Gasteiger charge is -2.36. The fraction of sp³-hybridized carbons (Fsp3) is 0.600. The molecule has 1 aromatic carbocycles. The highest BCUT2D eigenvalue weighted by Crippen LogP contribution is 2.31. The molecule has 18 heavy (non-hydrogen) atoms. The largest absolute Gasteiger partial charge is 0.393 e. The molecule has 100 valence electrons. The van der Waals surface area contributed by atoms with E-state index in [0.717, 1.165) is 25.8 Å². The molecule has 1 atom stereocenters. The fourth-order valence-corrected chi connectivity index (χ4v) is 2.70. The minimum atomic E-state index is -0.0726. The van der Waals surface area contributed by atoms with Crippen LogP contribution in [0.1, 0.15) is 37.8 Å². The number of nitrogens with two attached hydrogens (primary N) is 1. The second-order valence-electron chi connectivity index (χ2n) is 5.45. The molecular formula is C15H24N2O. The van der Waals surface area contributed by atoms with E-state index in [1.807, 2.05) is 0 Å². The minimum Gasteiger partial charge on any atom is -0.393 e. The lowest BCUT2D eigenvalue weighted by Crippen LogP contribution is -2.37. The molecule has 0 aromatic heterocycles. The molecule has 0 unspecified atom stereocenters. The fourth-order valence-electron chi connectivity index (χ4n) is 2.70. The summed E-state index contributed by atoms with van der Waals surface area (Å²) in [6, 6.07) is 8.48. The Labute approximate surface area is 110 Å². The van der Waals surface area contributed by atoms with E-state index in [0.29, 0.717) is 5.92 Å². The van der Waals surface area contributed by atoms with Crippen LogP contribution < -0.4 is 10.6 Å². The Kier molecular flexibility index (Phi) is 4.25. The number of aliphatic hydroxyl groups is 1. The Bertz CT molecular complexity index is 388. The Hall–Kier alpha value is -1.06. The van der Waals surface area contributed by atoms with Gasteiger partial charge in [-0.2, -0.15) is 0 Å². The first-order valence-corrected chi connectivity index (χ1v) is 6.85. The number of rotatable bonds is 5. The van der Waals surface area contributed by atoms with Crippen LogP contribution in [0.4, 0.5) is 5.69 Å². The lowest BCUT2D eigenvalue weighted by atomic mass is 9.82. The van der Waals surface area contributed by atoms with Gasteiger partial charge in [0.2, 0.25) is 0 Å². The molecule has 1 aromatic rings. The number of hydrogen-bond acceptors (Lipinski definition) is 3. The number of para-hydroxylation sites is 1. The number of benzene rings is 1. The van der Waals surface area contributed by atoms with Gasteiger partial charge in [0.15, 0.2) is 0 Å². The minimum absolute atomic E-state index is 0.0726. The molecule has 0 aliphatic heterocycles. The third-order valence-electron chi connectivity index (χ3n) is 3.93. The first-order valence-electron chi connectivity index (χ1n) is 6.85. The number of aliphatic hydroxyl groups excluding tert-OH is 1. The van der Waals surface area contributed by atoms with Crippen molar-refractivity contribution in [2.45, 2.75) is 38.3 Å². The summed E-state index contributed by atoms with van der Waals surface area (Å²) in [6.07, 6.45) is 2.75. The van der Waals surface area contributed by atoms with Crippen molar-refractivity contribution in [2.24, 2.45) is 11.7 Å². The molecule has 0 heterocycles. The van der Waals surface area contributed by atoms with Crippen molar-refractivity contribution in [3.8, 4) is 0 Å². The molecule has 2 rings (SSSR count). The molecule has 0 amide bonds. The summed E-state index contributed by atoms with van der Waals surface area (Å²) >= 11 is 0. The molecule has 1 saturated carbocycles. The molecule has 1 fully saturated rings. The lowest BCUT2D eigenvalue weighted by molar-refractivity contribution is 0.0464. The predicted molar refractivity (Wildman–Crippen MR) is 75.7 cm³/mol. The van der Waals surface area contributed by atoms with Gasteiger partial charge in [0, 0.05) is 25.3 Å². The van der Waals surface area contributed by atoms with Gasteiger partial charge in [0.1, 0.15) is 0 Å². The number of hydrogen-bond donors (Lipinski definition) is 2. The average molecular weight is 248 g/mol. The van der Waals surface area contributed by atoms with Crippen LogP contribution in [-0.4, -0.2) is 24.8 Å². The maximum Gasteiger partial charge on any atom is 0.0546 e. The zero-order valence-corrected chi connectivity index (χ0v) is 11.3. The first-order chi connectivity index (χ1) is 8.61. The highest BCUT2D eigenvalue weighted by Gasteiger charge is 2.28. The summed E-state index contributed by atoms with van der Waals surface area (Å²) in [7, 11) is 2.12. The maximum atomic E-state index is 9.34. The van der Waals surface area contributed by atoms with Crippen molar-refractivity contribution in [3.05, 3.63) is 29.8 Å². The van der Waals surface area contributed by atoms with Gasteiger partial charge in [-0.15, -0.1) is 0 Å². The van der Waals surface area contributed by atoms with Gasteiger partial charge in [0.25, 0.3) is 0 Å². The molecule has 3 N–H and O–H groups in total. The Morgan fingerprint density at radius 1 is 1.39 bits per heavy atom. The summed E-state index contributed by atoms with van der Waals surface area (Å²) in [5, 5.41) is 9.34. The highest BCUT2D eigenvalue weighted by atomic mass is 16.3. The van der Waals surface area contributed by atoms with Gasteiger partial charge in [-0.25, -0.2) is 0 Å². The topological polar surface area (TPSA) is 49.5 Å². The normalized spacial score (nSPS) is 24.4. The van der Waals surface area contributed by atoms with Crippen molar-refractivity contribution in [3.63, 3.8) is 0 Å². The van der Waals surface area contributed by atoms with Gasteiger partial charge in [-0.05, 0) is 36.8 Å². The third kappa shape index (κ3) is 2.85. The van der Waals surface area contributed by atoms with Gasteiger partial charge in [0.05, 0.1) is 6.10 Å². The van der Waals surface area contributed by atoms with Crippen LogP contribution in [0, 0.1) is 5.92 Å². The zero-order chi connectivity index (χ0) is 13.1. The molecule has 3 nitrogen and oxygen atoms in total. The third-order valence-corrected chi connectivity index (χ3v) is 3.93. The average Bonchev–Trinajstić information content (AvgIpc) is 2.36. The van der Waals surface area contributed by atoms with Crippen LogP contribution in [0.5, 0.6) is 0 Å². The summed E-state index contributed by atoms with van der Waals surface area (Å²) < 4.78 is 0. The zero-order valence-electron chi connectivity index (χ0n) is 11.3. The molecule has 1 aliphatic rings. The van der Waals surface area contributed by atoms with E-state index < -0.39 is 0 Å². The van der Waals surface area contributed by atoms with E-state index in [1.165, 1.54) is 11.3 Å². The summed E-state index contributed by atoms with van der Waals surface area (Å²) in [6.45, 7) is 3.12. The second-order valence-corrected chi connectivity index (χ2v) is 5.45. The van der Waals surface area contributed by atoms with Crippen LogP contribution in [0.25, 0.3) is 0 Å². The van der Waals surface area contributed by atoms with Crippen LogP contribution in [0.2, 0.25) is 0 Å². The van der Waals surface area contributed by atoms with Crippen LogP contribution in [0.15, 0.2) is 24.3 Å². The monoisotopic (exact) mass is 248 g/mol. The van der Waals surface area contributed by atoms with E-state index in [9.17, 15) is 5.11 Å². The SMILES string of the molecule is CC[C@@H](N)c1ccccc1N(C)CC1CC(O)C1. The Morgan fingerprint density at radius 3 is 2.67 bits per heavy atom. The standard InChI is InChI=1S/C15H24N2O/c1-3-14(16)13-6-4-5-7-15(13)17(2)10-11-8-12(18)9-11/h4-7,11-12,14,18H,3,8-10,16H2,1-2H3/t11?,12?,14-/m1/s1. The second kappa shape index (κ2) is 5.72. The summed E-state index contributed by atoms with van der Waals surface area (Å²) in [4.78, 5) is 2.28. The highest BCUT2D eigenvalue weighted by molar-refractivity contribution is 5.54. The smallest absolute Gasteiger partial charge is 0.0546 e. The molecular weight excluding hydrogens is 224 g/mol. The van der Waals surface area contributed by atoms with Crippen molar-refractivity contribution >= 4 is 5.69 Å². The van der Waals surface area contributed by atoms with E-state index in [4.69, 9.17) is 5.73 Å². The predicted octanol–water partition coefficient (Wildman–Crippen LogP) is 2.30. The molecule has 1 aliphatic carbocycles. The van der Waals surface area contributed by atoms with Crippen LogP contribution in [-0.2, 0) is 0 Å². The Balaban J connectivity index is 2.06. The van der Waals surface area contributed by atoms with E-state index in [1.54, 1.807) is 0 Å².